The van der Waals surface area contributed by atoms with Gasteiger partial charge < -0.3 is 20.0 Å². The van der Waals surface area contributed by atoms with Crippen LogP contribution in [0.15, 0.2) is 34.7 Å². The molecule has 1 aromatic heterocycles. The Morgan fingerprint density at radius 1 is 1.17 bits per heavy atom. The summed E-state index contributed by atoms with van der Waals surface area (Å²) in [7, 11) is 0. The molecular formula is C21H29N5O3. The Morgan fingerprint density at radius 3 is 2.59 bits per heavy atom. The van der Waals surface area contributed by atoms with Gasteiger partial charge in [-0.15, -0.1) is 10.2 Å². The average Bonchev–Trinajstić information content (AvgIpc) is 3.32. The van der Waals surface area contributed by atoms with E-state index in [9.17, 15) is 9.59 Å². The van der Waals surface area contributed by atoms with Gasteiger partial charge in [0, 0.05) is 44.6 Å². The molecule has 0 aliphatic carbocycles. The van der Waals surface area contributed by atoms with Crippen molar-refractivity contribution in [3.63, 3.8) is 0 Å². The zero-order chi connectivity index (χ0) is 20.8. The monoisotopic (exact) mass is 399 g/mol. The number of hydrogen-bond acceptors (Lipinski definition) is 5. The first-order valence-electron chi connectivity index (χ1n) is 10.1. The summed E-state index contributed by atoms with van der Waals surface area (Å²) in [5.74, 6) is 1.29. The molecule has 0 unspecified atom stereocenters. The minimum absolute atomic E-state index is 0.00152. The Balaban J connectivity index is 1.64. The molecule has 156 valence electrons. The lowest BCUT2D eigenvalue weighted by atomic mass is 9.96. The highest BCUT2D eigenvalue weighted by Crippen LogP contribution is 2.31. The van der Waals surface area contributed by atoms with E-state index in [1.54, 1.807) is 24.0 Å². The molecule has 1 aromatic carbocycles. The van der Waals surface area contributed by atoms with Crippen LogP contribution in [0.1, 0.15) is 48.3 Å². The highest BCUT2D eigenvalue weighted by atomic mass is 16.4. The number of aryl methyl sites for hydroxylation is 1. The zero-order valence-electron chi connectivity index (χ0n) is 17.2. The Labute approximate surface area is 171 Å². The van der Waals surface area contributed by atoms with Gasteiger partial charge in [0.2, 0.25) is 11.8 Å². The van der Waals surface area contributed by atoms with Crippen LogP contribution in [0.3, 0.4) is 0 Å². The van der Waals surface area contributed by atoms with E-state index in [-0.39, 0.29) is 23.8 Å². The molecule has 3 rings (SSSR count). The molecular weight excluding hydrogens is 370 g/mol. The van der Waals surface area contributed by atoms with Crippen LogP contribution in [0.2, 0.25) is 0 Å². The number of likely N-dealkylation sites (tertiary alicyclic amines) is 1. The number of urea groups is 1. The maximum absolute atomic E-state index is 12.6. The molecule has 3 amide bonds. The van der Waals surface area contributed by atoms with Crippen molar-refractivity contribution in [1.82, 2.24) is 25.7 Å². The number of hydrogen-bond donors (Lipinski definition) is 2. The van der Waals surface area contributed by atoms with Crippen molar-refractivity contribution in [3.8, 4) is 0 Å². The van der Waals surface area contributed by atoms with E-state index >= 15 is 0 Å². The molecule has 1 fully saturated rings. The van der Waals surface area contributed by atoms with Gasteiger partial charge >= 0.3 is 6.03 Å². The summed E-state index contributed by atoms with van der Waals surface area (Å²) >= 11 is 0. The van der Waals surface area contributed by atoms with Gasteiger partial charge in [-0.1, -0.05) is 32.0 Å². The normalized spacial score (nSPS) is 18.8. The zero-order valence-corrected chi connectivity index (χ0v) is 17.2. The minimum Gasteiger partial charge on any atom is -0.425 e. The highest BCUT2D eigenvalue weighted by Gasteiger charge is 2.39. The first-order chi connectivity index (χ1) is 13.9. The van der Waals surface area contributed by atoms with Gasteiger partial charge in [0.05, 0.1) is 5.92 Å². The topological polar surface area (TPSA) is 100 Å². The van der Waals surface area contributed by atoms with Gasteiger partial charge in [-0.05, 0) is 24.5 Å². The highest BCUT2D eigenvalue weighted by molar-refractivity contribution is 5.94. The van der Waals surface area contributed by atoms with Crippen molar-refractivity contribution < 1.29 is 14.0 Å². The number of benzene rings is 1. The van der Waals surface area contributed by atoms with Crippen LogP contribution >= 0.6 is 0 Å². The maximum atomic E-state index is 12.6. The fourth-order valence-corrected chi connectivity index (χ4v) is 3.48. The van der Waals surface area contributed by atoms with E-state index < -0.39 is 0 Å². The Bertz CT molecular complexity index is 821. The largest absolute Gasteiger partial charge is 0.425 e. The number of rotatable bonds is 7. The quantitative estimate of drug-likeness (QED) is 0.745. The Morgan fingerprint density at radius 2 is 1.93 bits per heavy atom. The molecule has 0 bridgehead atoms. The van der Waals surface area contributed by atoms with Crippen molar-refractivity contribution in [2.24, 2.45) is 11.8 Å². The number of amides is 3. The first-order valence-corrected chi connectivity index (χ1v) is 10.1. The molecule has 8 heteroatoms. The molecule has 1 saturated heterocycles. The van der Waals surface area contributed by atoms with Gasteiger partial charge in [-0.3, -0.25) is 4.79 Å². The van der Waals surface area contributed by atoms with Crippen LogP contribution in [0.4, 0.5) is 4.79 Å². The van der Waals surface area contributed by atoms with Gasteiger partial charge in [0.25, 0.3) is 5.91 Å². The number of aromatic nitrogens is 2. The molecule has 2 heterocycles. The molecule has 0 radical (unpaired) electrons. The van der Waals surface area contributed by atoms with Gasteiger partial charge in [0.15, 0.2) is 0 Å². The second-order valence-electron chi connectivity index (χ2n) is 7.92. The first kappa shape index (κ1) is 20.8. The van der Waals surface area contributed by atoms with Gasteiger partial charge in [-0.2, -0.15) is 0 Å². The van der Waals surface area contributed by atoms with E-state index in [1.807, 2.05) is 18.2 Å². The molecule has 8 nitrogen and oxygen atoms in total. The number of nitrogens with one attached hydrogen (secondary N) is 2. The summed E-state index contributed by atoms with van der Waals surface area (Å²) < 4.78 is 5.64. The average molecular weight is 399 g/mol. The van der Waals surface area contributed by atoms with E-state index in [4.69, 9.17) is 4.42 Å². The lowest BCUT2D eigenvalue weighted by Crippen LogP contribution is -2.40. The van der Waals surface area contributed by atoms with Gasteiger partial charge in [-0.25, -0.2) is 4.79 Å². The summed E-state index contributed by atoms with van der Waals surface area (Å²) in [5, 5.41) is 14.0. The predicted molar refractivity (Wildman–Crippen MR) is 108 cm³/mol. The molecule has 2 N–H and O–H groups in total. The third-order valence-electron chi connectivity index (χ3n) is 5.15. The lowest BCUT2D eigenvalue weighted by molar-refractivity contribution is 0.0946. The van der Waals surface area contributed by atoms with Crippen LogP contribution in [0, 0.1) is 18.8 Å². The molecule has 1 aliphatic heterocycles. The molecule has 29 heavy (non-hydrogen) atoms. The molecule has 0 spiro atoms. The SMILES string of the molecule is Cc1nnc([C@H]2CN(C(=O)NCCC(C)C)C[C@@H]2CNC(=O)c2ccccc2)o1. The number of nitrogens with zero attached hydrogens (tertiary/aromatic N) is 3. The van der Waals surface area contributed by atoms with Crippen molar-refractivity contribution in [1.29, 1.82) is 0 Å². The van der Waals surface area contributed by atoms with E-state index in [2.05, 4.69) is 34.7 Å². The van der Waals surface area contributed by atoms with Crippen molar-refractivity contribution >= 4 is 11.9 Å². The third-order valence-corrected chi connectivity index (χ3v) is 5.15. The fourth-order valence-electron chi connectivity index (χ4n) is 3.48. The van der Waals surface area contributed by atoms with E-state index in [1.165, 1.54) is 0 Å². The van der Waals surface area contributed by atoms with E-state index in [0.29, 0.717) is 49.4 Å². The summed E-state index contributed by atoms with van der Waals surface area (Å²) in [4.78, 5) is 26.8. The Kier molecular flexibility index (Phi) is 6.85. The number of carbonyl (C=O) groups is 2. The summed E-state index contributed by atoms with van der Waals surface area (Å²) in [5.41, 5.74) is 0.610. The van der Waals surface area contributed by atoms with Crippen molar-refractivity contribution in [2.45, 2.75) is 33.1 Å². The minimum atomic E-state index is -0.133. The molecule has 2 aromatic rings. The molecule has 0 saturated carbocycles. The summed E-state index contributed by atoms with van der Waals surface area (Å²) in [6, 6.07) is 8.99. The fraction of sp³-hybridized carbons (Fsp3) is 0.524. The van der Waals surface area contributed by atoms with Crippen molar-refractivity contribution in [2.75, 3.05) is 26.2 Å². The standard InChI is InChI=1S/C21H29N5O3/c1-14(2)9-10-22-21(28)26-12-17(18(13-26)20-25-24-15(3)29-20)11-23-19(27)16-7-5-4-6-8-16/h4-8,14,17-18H,9-13H2,1-3H3,(H,22,28)(H,23,27)/t17-,18-/m0/s1. The third kappa shape index (κ3) is 5.56. The molecule has 1 aliphatic rings. The maximum Gasteiger partial charge on any atom is 0.317 e. The Hall–Kier alpha value is -2.90. The van der Waals surface area contributed by atoms with Crippen LogP contribution in [-0.2, 0) is 0 Å². The molecule has 2 atom stereocenters. The smallest absolute Gasteiger partial charge is 0.317 e. The summed E-state index contributed by atoms with van der Waals surface area (Å²) in [6.45, 7) is 8.08. The summed E-state index contributed by atoms with van der Waals surface area (Å²) in [6.07, 6.45) is 0.933. The van der Waals surface area contributed by atoms with Crippen LogP contribution in [-0.4, -0.2) is 53.2 Å². The van der Waals surface area contributed by atoms with Crippen molar-refractivity contribution in [3.05, 3.63) is 47.7 Å². The lowest BCUT2D eigenvalue weighted by Gasteiger charge is -2.18. The number of carbonyl (C=O) groups excluding carboxylic acids is 2. The van der Waals surface area contributed by atoms with Crippen LogP contribution < -0.4 is 10.6 Å². The van der Waals surface area contributed by atoms with Crippen LogP contribution in [0.5, 0.6) is 0 Å². The van der Waals surface area contributed by atoms with Crippen LogP contribution in [0.25, 0.3) is 0 Å². The predicted octanol–water partition coefficient (Wildman–Crippen LogP) is 2.58. The second kappa shape index (κ2) is 9.54. The van der Waals surface area contributed by atoms with E-state index in [0.717, 1.165) is 6.42 Å². The van der Waals surface area contributed by atoms with Gasteiger partial charge in [0.1, 0.15) is 0 Å². The second-order valence-corrected chi connectivity index (χ2v) is 7.92.